The van der Waals surface area contributed by atoms with E-state index in [1.807, 2.05) is 0 Å². The van der Waals surface area contributed by atoms with Crippen LogP contribution in [0.4, 0.5) is 0 Å². The van der Waals surface area contributed by atoms with Crippen molar-refractivity contribution < 1.29 is 13.5 Å². The van der Waals surface area contributed by atoms with Crippen molar-refractivity contribution in [1.29, 1.82) is 0 Å². The van der Waals surface area contributed by atoms with E-state index < -0.39 is 13.5 Å². The van der Waals surface area contributed by atoms with Crippen molar-refractivity contribution in [1.82, 2.24) is 0 Å². The predicted molar refractivity (Wildman–Crippen MR) is 55.7 cm³/mol. The van der Waals surface area contributed by atoms with Gasteiger partial charge in [0.25, 0.3) is 0 Å². The van der Waals surface area contributed by atoms with Gasteiger partial charge in [0.2, 0.25) is 0 Å². The van der Waals surface area contributed by atoms with Gasteiger partial charge in [0, 0.05) is 0 Å². The van der Waals surface area contributed by atoms with Crippen LogP contribution in [0.3, 0.4) is 0 Å². The molecule has 0 bridgehead atoms. The zero-order valence-corrected chi connectivity index (χ0v) is 10.6. The molecule has 0 amide bonds. The number of hydrogen-bond donors (Lipinski definition) is 0. The first kappa shape index (κ1) is 12.8. The molecule has 0 saturated heterocycles. The monoisotopic (exact) mass is 296 g/mol. The summed E-state index contributed by atoms with van der Waals surface area (Å²) in [6.45, 7) is 2.06. The SMILES string of the molecule is C/C=C/CCCCC[CH]=[Ru]([Cl])[Cl]. The Morgan fingerprint density at radius 3 is 2.33 bits per heavy atom. The van der Waals surface area contributed by atoms with Gasteiger partial charge < -0.3 is 0 Å². The molecule has 0 nitrogen and oxygen atoms in total. The molecule has 0 aliphatic carbocycles. The third-order valence-corrected chi connectivity index (χ3v) is 3.85. The summed E-state index contributed by atoms with van der Waals surface area (Å²) in [5.41, 5.74) is 0. The second-order valence-corrected chi connectivity index (χ2v) is 8.49. The summed E-state index contributed by atoms with van der Waals surface area (Å²) in [7, 11) is 11.4. The van der Waals surface area contributed by atoms with Gasteiger partial charge in [-0.25, -0.2) is 0 Å². The van der Waals surface area contributed by atoms with Crippen molar-refractivity contribution in [2.24, 2.45) is 0 Å². The van der Waals surface area contributed by atoms with Gasteiger partial charge in [-0.3, -0.25) is 0 Å². The van der Waals surface area contributed by atoms with Crippen molar-refractivity contribution in [3.8, 4) is 0 Å². The minimum absolute atomic E-state index is 1.10. The molecule has 0 saturated carbocycles. The fourth-order valence-corrected chi connectivity index (χ4v) is 2.55. The van der Waals surface area contributed by atoms with Gasteiger partial charge in [-0.15, -0.1) is 0 Å². The van der Waals surface area contributed by atoms with Gasteiger partial charge in [-0.05, 0) is 0 Å². The molecule has 0 heterocycles. The number of allylic oxidation sites excluding steroid dienone is 2. The van der Waals surface area contributed by atoms with Gasteiger partial charge in [-0.2, -0.15) is 0 Å². The molecule has 0 rings (SSSR count). The van der Waals surface area contributed by atoms with Crippen LogP contribution in [-0.4, -0.2) is 4.61 Å². The summed E-state index contributed by atoms with van der Waals surface area (Å²) in [5, 5.41) is 0. The van der Waals surface area contributed by atoms with Gasteiger partial charge in [-0.1, -0.05) is 0 Å². The Balaban J connectivity index is 3.06. The molecule has 0 fully saturated rings. The van der Waals surface area contributed by atoms with Crippen molar-refractivity contribution in [2.45, 2.75) is 39.0 Å². The standard InChI is InChI=1S/C9H16.2ClH.Ru/c1-3-5-7-9-8-6-4-2;;;/h1,4,6H,3,5,7-9H2,2H3;2*1H;/q;;;+2/p-2/b6-4+;;;. The normalized spacial score (nSPS) is 12.1. The van der Waals surface area contributed by atoms with Crippen LogP contribution in [0.1, 0.15) is 39.0 Å². The van der Waals surface area contributed by atoms with Crippen molar-refractivity contribution >= 4 is 24.0 Å². The van der Waals surface area contributed by atoms with Crippen molar-refractivity contribution in [3.63, 3.8) is 0 Å². The molecule has 0 aromatic heterocycles. The van der Waals surface area contributed by atoms with E-state index in [0.717, 1.165) is 6.42 Å². The summed E-state index contributed by atoms with van der Waals surface area (Å²) in [5.74, 6) is 0. The molecule has 0 aliphatic heterocycles. The van der Waals surface area contributed by atoms with Crippen LogP contribution in [0, 0.1) is 0 Å². The molecule has 0 spiro atoms. The predicted octanol–water partition coefficient (Wildman–Crippen LogP) is 4.24. The third-order valence-electron chi connectivity index (χ3n) is 1.52. The second kappa shape index (κ2) is 9.90. The van der Waals surface area contributed by atoms with E-state index in [2.05, 4.69) is 23.7 Å². The zero-order valence-electron chi connectivity index (χ0n) is 7.38. The summed E-state index contributed by atoms with van der Waals surface area (Å²) < 4.78 is 2.09. The molecule has 0 aromatic carbocycles. The minimum atomic E-state index is -1.47. The molecule has 12 heavy (non-hydrogen) atoms. The number of rotatable bonds is 6. The Labute approximate surface area is 88.5 Å². The van der Waals surface area contributed by atoms with Gasteiger partial charge in [0.05, 0.1) is 0 Å². The first-order valence-corrected chi connectivity index (χ1v) is 9.68. The van der Waals surface area contributed by atoms with E-state index in [-0.39, 0.29) is 0 Å². The van der Waals surface area contributed by atoms with Gasteiger partial charge in [0.15, 0.2) is 0 Å². The van der Waals surface area contributed by atoms with Crippen molar-refractivity contribution in [2.75, 3.05) is 0 Å². The Morgan fingerprint density at radius 2 is 1.75 bits per heavy atom. The van der Waals surface area contributed by atoms with Gasteiger partial charge in [0.1, 0.15) is 0 Å². The first-order valence-electron chi connectivity index (χ1n) is 4.20. The van der Waals surface area contributed by atoms with E-state index >= 15 is 0 Å². The zero-order chi connectivity index (χ0) is 9.23. The number of unbranched alkanes of at least 4 members (excludes halogenated alkanes) is 4. The maximum atomic E-state index is 5.68. The van der Waals surface area contributed by atoms with Gasteiger partial charge >= 0.3 is 88.7 Å². The van der Waals surface area contributed by atoms with E-state index in [1.54, 1.807) is 0 Å². The molecular formula is C9H16Cl2Ru. The van der Waals surface area contributed by atoms with E-state index in [4.69, 9.17) is 19.4 Å². The summed E-state index contributed by atoms with van der Waals surface area (Å²) in [4.78, 5) is 0. The molecule has 0 N–H and O–H groups in total. The third kappa shape index (κ3) is 10.8. The molecule has 74 valence electrons. The van der Waals surface area contributed by atoms with E-state index in [0.29, 0.717) is 0 Å². The Morgan fingerprint density at radius 1 is 1.08 bits per heavy atom. The van der Waals surface area contributed by atoms with Crippen LogP contribution >= 0.6 is 19.4 Å². The van der Waals surface area contributed by atoms with Crippen LogP contribution < -0.4 is 0 Å². The summed E-state index contributed by atoms with van der Waals surface area (Å²) in [6, 6.07) is 0. The average molecular weight is 296 g/mol. The first-order chi connectivity index (χ1) is 5.77. The van der Waals surface area contributed by atoms with Crippen molar-refractivity contribution in [3.05, 3.63) is 12.2 Å². The fourth-order valence-electron chi connectivity index (χ4n) is 0.899. The maximum absolute atomic E-state index is 5.68. The summed E-state index contributed by atoms with van der Waals surface area (Å²) >= 11 is -1.47. The Kier molecular flexibility index (Phi) is 10.6. The topological polar surface area (TPSA) is 0 Å². The Bertz CT molecular complexity index is 149. The average Bonchev–Trinajstić information content (AvgIpc) is 2.02. The molecule has 0 aliphatic rings. The second-order valence-electron chi connectivity index (χ2n) is 2.56. The van der Waals surface area contributed by atoms with Crippen LogP contribution in [0.2, 0.25) is 0 Å². The molecule has 0 unspecified atom stereocenters. The van der Waals surface area contributed by atoms with Crippen LogP contribution in [0.15, 0.2) is 12.2 Å². The molecule has 3 heteroatoms. The summed E-state index contributed by atoms with van der Waals surface area (Å²) in [6.07, 6.45) is 10.4. The van der Waals surface area contributed by atoms with Crippen LogP contribution in [0.5, 0.6) is 0 Å². The molecule has 0 aromatic rings. The Hall–Kier alpha value is 0.813. The molecule has 0 atom stereocenters. The number of halogens is 2. The van der Waals surface area contributed by atoms with E-state index in [9.17, 15) is 0 Å². The number of hydrogen-bond acceptors (Lipinski definition) is 0. The van der Waals surface area contributed by atoms with E-state index in [1.165, 1.54) is 25.7 Å². The van der Waals surface area contributed by atoms with Crippen LogP contribution in [-0.2, 0) is 13.5 Å². The molecule has 0 radical (unpaired) electrons. The van der Waals surface area contributed by atoms with Crippen LogP contribution in [0.25, 0.3) is 0 Å². The fraction of sp³-hybridized carbons (Fsp3) is 0.667. The quantitative estimate of drug-likeness (QED) is 0.391. The molecular weight excluding hydrogens is 280 g/mol.